The number of urea groups is 1. The molecule has 7 N–H and O–H groups in total. The number of nitrogens with one attached hydrogen (secondary N) is 5. The average molecular weight is 1290 g/mol. The number of imidazole rings is 2. The van der Waals surface area contributed by atoms with Crippen LogP contribution >= 0.6 is 0 Å². The van der Waals surface area contributed by atoms with Gasteiger partial charge in [-0.25, -0.2) is 56.3 Å². The summed E-state index contributed by atoms with van der Waals surface area (Å²) in [6.07, 6.45) is 6.29. The number of anilines is 4. The number of fused-ring (bicyclic) bond motifs is 4. The van der Waals surface area contributed by atoms with Gasteiger partial charge in [-0.15, -0.1) is 0 Å². The van der Waals surface area contributed by atoms with Gasteiger partial charge in [0.15, 0.2) is 70.2 Å². The highest BCUT2D eigenvalue weighted by molar-refractivity contribution is 7.89. The Balaban J connectivity index is 0.000000155. The monoisotopic (exact) mass is 1290 g/mol. The molecule has 0 aliphatic carbocycles. The summed E-state index contributed by atoms with van der Waals surface area (Å²) in [5, 5.41) is 13.4. The number of para-hydroxylation sites is 1. The van der Waals surface area contributed by atoms with Crippen molar-refractivity contribution in [3.63, 3.8) is 0 Å². The van der Waals surface area contributed by atoms with Gasteiger partial charge in [-0.3, -0.25) is 29.4 Å². The molecule has 31 nitrogen and oxygen atoms in total. The molecule has 8 atom stereocenters. The second kappa shape index (κ2) is 26.1. The quantitative estimate of drug-likeness (QED) is 0.0649. The standard InChI is InChI=1S/C26H30N8O7S.C22H24N6O6.C10H12N2O2S/c1-4-27-23(35)19-18-20(41-26(2,3)40-18)24(39-19)34-14-30-17-21(28-13-29-22(17)34)32-25(36)31-15-8-7-9-16(12-15)42(37,38)33-10-5-6-11-33;1-4-23-19(29)15-14-16(34-22(2,3)33-14)20(32-15)28-11-26-13-17(24-10-25-18(13)28)27-21(30)31-12-8-6-5-7-9-12;11-9-4-3-5-10(8-9)15(13,14)12-6-1-2-7-12/h5-9,12-14,18-20,24H,4,10-11H2,1-3H3,(H,27,35)(H2,28,29,31,32,36);5-11,14-16,20H,4H2,1-3H3,(H,23,29)(H,24,25,27,30);1-5,8H,6-7,11H2/t18?,19-,20?,24+;14?,15-,16?,20+;/m00./s1. The molecule has 4 unspecified atom stereocenters. The van der Waals surface area contributed by atoms with Crippen molar-refractivity contribution < 1.29 is 69.2 Å². The second-order valence-electron chi connectivity index (χ2n) is 22.0. The Morgan fingerprint density at radius 1 is 0.571 bits per heavy atom. The van der Waals surface area contributed by atoms with Crippen LogP contribution in [0.25, 0.3) is 22.3 Å². The van der Waals surface area contributed by atoms with Gasteiger partial charge in [-0.2, -0.15) is 8.61 Å². The number of carbonyl (C=O) groups is 4. The first-order valence-corrected chi connectivity index (χ1v) is 31.7. The summed E-state index contributed by atoms with van der Waals surface area (Å²) in [6, 6.07) is 20.3. The first kappa shape index (κ1) is 63.7. The number of ether oxygens (including phenoxy) is 7. The van der Waals surface area contributed by atoms with Crippen LogP contribution in [0, 0.1) is 0 Å². The molecule has 0 spiro atoms. The van der Waals surface area contributed by atoms with Gasteiger partial charge in [0.25, 0.3) is 11.8 Å². The minimum atomic E-state index is -3.71. The number of aromatic nitrogens is 8. The van der Waals surface area contributed by atoms with Crippen LogP contribution in [0.4, 0.5) is 32.6 Å². The molecular formula is C58H66N16O15S2. The van der Waals surface area contributed by atoms with Crippen molar-refractivity contribution in [2.45, 2.75) is 112 Å². The molecule has 480 valence electrons. The number of carbonyl (C=O) groups excluding carboxylic acids is 4. The molecule has 4 aromatic heterocycles. The number of likely N-dealkylation sites (N-methyl/N-ethyl adjacent to an activating group) is 2. The molecule has 0 saturated carbocycles. The molecule has 7 aromatic rings. The van der Waals surface area contributed by atoms with Crippen molar-refractivity contribution in [1.29, 1.82) is 0 Å². The van der Waals surface area contributed by atoms with Gasteiger partial charge < -0.3 is 54.8 Å². The first-order valence-electron chi connectivity index (χ1n) is 28.8. The van der Waals surface area contributed by atoms with Crippen molar-refractivity contribution in [1.82, 2.24) is 58.3 Å². The highest BCUT2D eigenvalue weighted by atomic mass is 32.2. The minimum Gasteiger partial charge on any atom is -0.410 e. The Bertz CT molecular complexity index is 4150. The molecule has 33 heteroatoms. The smallest absolute Gasteiger partial charge is 0.410 e. The molecule has 91 heavy (non-hydrogen) atoms. The lowest BCUT2D eigenvalue weighted by atomic mass is 10.1. The maximum atomic E-state index is 12.9. The van der Waals surface area contributed by atoms with Crippen LogP contribution in [0.2, 0.25) is 0 Å². The molecule has 0 radical (unpaired) electrons. The number of benzene rings is 3. The summed E-state index contributed by atoms with van der Waals surface area (Å²) in [4.78, 5) is 76.6. The first-order chi connectivity index (χ1) is 43.5. The van der Waals surface area contributed by atoms with Gasteiger partial charge in [-0.1, -0.05) is 54.6 Å². The number of hydrogen-bond donors (Lipinski definition) is 6. The van der Waals surface area contributed by atoms with E-state index in [1.807, 2.05) is 32.1 Å². The van der Waals surface area contributed by atoms with E-state index in [0.29, 0.717) is 67.5 Å². The van der Waals surface area contributed by atoms with E-state index in [4.69, 9.17) is 38.9 Å². The van der Waals surface area contributed by atoms with Gasteiger partial charge in [0.2, 0.25) is 20.0 Å². The summed E-state index contributed by atoms with van der Waals surface area (Å²) in [6.45, 7) is 13.1. The number of hydrogen-bond acceptors (Lipinski definition) is 22. The summed E-state index contributed by atoms with van der Waals surface area (Å²) in [5.74, 6) is -1.75. The maximum absolute atomic E-state index is 12.9. The predicted molar refractivity (Wildman–Crippen MR) is 325 cm³/mol. The third kappa shape index (κ3) is 13.6. The Morgan fingerprint density at radius 2 is 1.03 bits per heavy atom. The molecule has 10 heterocycles. The van der Waals surface area contributed by atoms with Crippen molar-refractivity contribution >= 4 is 89.3 Å². The molecule has 3 aromatic carbocycles. The fourth-order valence-electron chi connectivity index (χ4n) is 10.8. The third-order valence-corrected chi connectivity index (χ3v) is 18.4. The Labute approximate surface area is 521 Å². The van der Waals surface area contributed by atoms with E-state index in [0.717, 1.165) is 0 Å². The molecule has 4 fully saturated rings. The Morgan fingerprint density at radius 3 is 1.52 bits per heavy atom. The number of nitrogens with two attached hydrogens (primary N) is 1. The summed E-state index contributed by atoms with van der Waals surface area (Å²) < 4.78 is 97.4. The largest absolute Gasteiger partial charge is 0.418 e. The lowest BCUT2D eigenvalue weighted by Gasteiger charge is -2.24. The van der Waals surface area contributed by atoms with Crippen LogP contribution < -0.4 is 37.1 Å². The van der Waals surface area contributed by atoms with Crippen molar-refractivity contribution in [3.05, 3.63) is 128 Å². The van der Waals surface area contributed by atoms with E-state index in [2.05, 4.69) is 56.5 Å². The van der Waals surface area contributed by atoms with Gasteiger partial charge in [0.05, 0.1) is 22.4 Å². The summed E-state index contributed by atoms with van der Waals surface area (Å²) in [5.41, 5.74) is 7.61. The van der Waals surface area contributed by atoms with Gasteiger partial charge in [0, 0.05) is 50.6 Å². The molecular weight excluding hydrogens is 1220 g/mol. The second-order valence-corrected chi connectivity index (χ2v) is 25.9. The molecule has 4 saturated heterocycles. The van der Waals surface area contributed by atoms with Gasteiger partial charge >= 0.3 is 12.1 Å². The van der Waals surface area contributed by atoms with Crippen molar-refractivity contribution in [2.24, 2.45) is 0 Å². The van der Waals surface area contributed by atoms with E-state index >= 15 is 0 Å². The summed E-state index contributed by atoms with van der Waals surface area (Å²) in [7, 11) is -7.08. The lowest BCUT2D eigenvalue weighted by molar-refractivity contribution is -0.198. The normalized spacial score (nSPS) is 23.8. The number of nitrogens with zero attached hydrogens (tertiary/aromatic N) is 10. The topological polar surface area (TPSA) is 381 Å². The predicted octanol–water partition coefficient (Wildman–Crippen LogP) is 4.40. The van der Waals surface area contributed by atoms with Crippen LogP contribution in [-0.4, -0.2) is 176 Å². The van der Waals surface area contributed by atoms with Gasteiger partial charge in [0.1, 0.15) is 42.8 Å². The van der Waals surface area contributed by atoms with Crippen LogP contribution in [0.3, 0.4) is 0 Å². The molecule has 5 amide bonds. The van der Waals surface area contributed by atoms with E-state index < -0.39 is 92.8 Å². The van der Waals surface area contributed by atoms with E-state index in [9.17, 15) is 36.0 Å². The zero-order chi connectivity index (χ0) is 64.4. The number of rotatable bonds is 14. The van der Waals surface area contributed by atoms with Crippen LogP contribution in [0.1, 0.15) is 54.0 Å². The highest BCUT2D eigenvalue weighted by Crippen LogP contribution is 2.46. The third-order valence-electron chi connectivity index (χ3n) is 14.7. The minimum absolute atomic E-state index is 0.0641. The van der Waals surface area contributed by atoms with Crippen LogP contribution in [-0.2, 0) is 58.1 Å². The highest BCUT2D eigenvalue weighted by Gasteiger charge is 2.60. The van der Waals surface area contributed by atoms with E-state index in [1.165, 1.54) is 52.1 Å². The summed E-state index contributed by atoms with van der Waals surface area (Å²) >= 11 is 0. The fourth-order valence-corrected chi connectivity index (χ4v) is 13.6. The molecule has 0 bridgehead atoms. The average Bonchev–Trinajstić information content (AvgIpc) is 1.60. The Kier molecular flexibility index (Phi) is 18.3. The zero-order valence-electron chi connectivity index (χ0n) is 50.0. The van der Waals surface area contributed by atoms with Crippen LogP contribution in [0.5, 0.6) is 5.75 Å². The number of sulfonamides is 2. The fraction of sp³-hybridized carbons (Fsp3) is 0.379. The van der Waals surface area contributed by atoms with E-state index in [1.54, 1.807) is 104 Å². The maximum Gasteiger partial charge on any atom is 0.418 e. The number of nitrogen functional groups attached to an aromatic ring is 1. The van der Waals surface area contributed by atoms with Gasteiger partial charge in [-0.05, 0) is 90.1 Å². The van der Waals surface area contributed by atoms with Crippen molar-refractivity contribution in [3.8, 4) is 5.75 Å². The lowest BCUT2D eigenvalue weighted by Crippen LogP contribution is -2.42. The number of amides is 5. The Hall–Kier alpha value is -8.90. The van der Waals surface area contributed by atoms with E-state index in [-0.39, 0.29) is 44.4 Å². The van der Waals surface area contributed by atoms with Crippen LogP contribution in [0.15, 0.2) is 138 Å². The molecule has 13 rings (SSSR count). The molecule has 6 aliphatic rings. The zero-order valence-corrected chi connectivity index (χ0v) is 51.6. The van der Waals surface area contributed by atoms with Crippen molar-refractivity contribution in [2.75, 3.05) is 61.0 Å². The SMILES string of the molecule is CCNC(=O)[C@H]1O[C@@H](n2cnc3c(NC(=O)Nc4cccc(S(=O)(=O)N5CC=CC5)c4)ncnc32)C2OC(C)(C)OC21.CCNC(=O)[C@H]1O[C@@H](n2cnc3c(NC(=O)Oc4ccccc4)ncnc32)C2OC(C)(C)OC21.Nc1cccc(S(=O)(=O)N2CC=CC2)c1. The molecule has 6 aliphatic heterocycles.